The van der Waals surface area contributed by atoms with Gasteiger partial charge in [0.1, 0.15) is 11.3 Å². The lowest BCUT2D eigenvalue weighted by Crippen LogP contribution is -2.54. The summed E-state index contributed by atoms with van der Waals surface area (Å²) in [5.74, 6) is -0.0381. The Hall–Kier alpha value is -3.55. The second-order valence-electron chi connectivity index (χ2n) is 6.78. The van der Waals surface area contributed by atoms with Gasteiger partial charge in [-0.15, -0.1) is 0 Å². The van der Waals surface area contributed by atoms with Crippen molar-refractivity contribution < 1.29 is 14.3 Å². The maximum absolute atomic E-state index is 13.0. The van der Waals surface area contributed by atoms with Crippen LogP contribution in [0.25, 0.3) is 6.08 Å². The minimum Gasteiger partial charge on any atom is -0.439 e. The molecule has 6 nitrogen and oxygen atoms in total. The number of nitrogens with one attached hydrogen (secondary N) is 1. The van der Waals surface area contributed by atoms with Crippen LogP contribution >= 0.6 is 23.8 Å². The van der Waals surface area contributed by atoms with E-state index in [0.717, 1.165) is 5.56 Å². The summed E-state index contributed by atoms with van der Waals surface area (Å²) in [4.78, 5) is 30.9. The molecule has 154 valence electrons. The quantitative estimate of drug-likeness (QED) is 0.356. The monoisotopic (exact) mass is 449 g/mol. The highest BCUT2D eigenvalue weighted by atomic mass is 35.5. The van der Waals surface area contributed by atoms with Gasteiger partial charge in [0.25, 0.3) is 11.8 Å². The number of rotatable bonds is 4. The minimum atomic E-state index is -0.569. The first-order chi connectivity index (χ1) is 14.9. The Bertz CT molecular complexity index is 1190. The van der Waals surface area contributed by atoms with Crippen molar-refractivity contribution in [3.8, 4) is 11.6 Å². The second kappa shape index (κ2) is 8.67. The van der Waals surface area contributed by atoms with E-state index in [0.29, 0.717) is 27.9 Å². The highest BCUT2D eigenvalue weighted by molar-refractivity contribution is 7.80. The highest BCUT2D eigenvalue weighted by Gasteiger charge is 2.34. The fourth-order valence-corrected chi connectivity index (χ4v) is 3.32. The van der Waals surface area contributed by atoms with Crippen molar-refractivity contribution in [2.45, 2.75) is 6.92 Å². The van der Waals surface area contributed by atoms with Crippen LogP contribution in [0.15, 0.2) is 72.4 Å². The van der Waals surface area contributed by atoms with Crippen LogP contribution in [0.1, 0.15) is 11.1 Å². The lowest BCUT2D eigenvalue weighted by molar-refractivity contribution is -0.122. The van der Waals surface area contributed by atoms with Crippen molar-refractivity contribution in [1.82, 2.24) is 10.3 Å². The van der Waals surface area contributed by atoms with Crippen molar-refractivity contribution in [2.75, 3.05) is 4.90 Å². The number of benzene rings is 2. The number of hydrogen-bond donors (Lipinski definition) is 1. The Morgan fingerprint density at radius 1 is 1.03 bits per heavy atom. The summed E-state index contributed by atoms with van der Waals surface area (Å²) >= 11 is 11.1. The molecule has 1 aliphatic heterocycles. The molecule has 2 amide bonds. The topological polar surface area (TPSA) is 71.5 Å². The summed E-state index contributed by atoms with van der Waals surface area (Å²) in [6.45, 7) is 1.99. The number of pyridine rings is 1. The molecule has 2 heterocycles. The molecule has 31 heavy (non-hydrogen) atoms. The predicted molar refractivity (Wildman–Crippen MR) is 123 cm³/mol. The van der Waals surface area contributed by atoms with Crippen molar-refractivity contribution in [3.63, 3.8) is 0 Å². The zero-order chi connectivity index (χ0) is 22.0. The van der Waals surface area contributed by atoms with Crippen LogP contribution in [0.4, 0.5) is 5.69 Å². The number of aromatic nitrogens is 1. The molecule has 0 unspecified atom stereocenters. The van der Waals surface area contributed by atoms with E-state index < -0.39 is 11.8 Å². The molecule has 3 aromatic rings. The standard InChI is InChI=1S/C23H16ClN3O3S/c1-14-2-9-18(10-3-14)30-20-11-4-15(13-25-20)12-19-21(28)26-23(31)27(22(19)29)17-7-5-16(24)6-8-17/h2-13H,1H3,(H,26,28,31)/b19-12-. The van der Waals surface area contributed by atoms with E-state index in [1.165, 1.54) is 17.2 Å². The van der Waals surface area contributed by atoms with Crippen LogP contribution in [0.3, 0.4) is 0 Å². The molecule has 8 heteroatoms. The molecule has 0 radical (unpaired) electrons. The average molecular weight is 450 g/mol. The fourth-order valence-electron chi connectivity index (χ4n) is 2.91. The molecular formula is C23H16ClN3O3S. The normalized spacial score (nSPS) is 15.2. The summed E-state index contributed by atoms with van der Waals surface area (Å²) in [5.41, 5.74) is 2.14. The van der Waals surface area contributed by atoms with Gasteiger partial charge in [0.15, 0.2) is 5.11 Å². The summed E-state index contributed by atoms with van der Waals surface area (Å²) in [5, 5.41) is 3.08. The number of aryl methyl sites for hydroxylation is 1. The average Bonchev–Trinajstić information content (AvgIpc) is 2.75. The van der Waals surface area contributed by atoms with E-state index in [1.54, 1.807) is 36.4 Å². The zero-order valence-corrected chi connectivity index (χ0v) is 17.9. The highest BCUT2D eigenvalue weighted by Crippen LogP contribution is 2.24. The summed E-state index contributed by atoms with van der Waals surface area (Å²) < 4.78 is 5.71. The van der Waals surface area contributed by atoms with Gasteiger partial charge in [-0.05, 0) is 73.2 Å². The lowest BCUT2D eigenvalue weighted by Gasteiger charge is -2.28. The minimum absolute atomic E-state index is 0.00874. The number of anilines is 1. The van der Waals surface area contributed by atoms with Gasteiger partial charge >= 0.3 is 0 Å². The van der Waals surface area contributed by atoms with Gasteiger partial charge in [0, 0.05) is 17.3 Å². The van der Waals surface area contributed by atoms with Crippen molar-refractivity contribution in [2.24, 2.45) is 0 Å². The van der Waals surface area contributed by atoms with Crippen LogP contribution in [-0.4, -0.2) is 21.9 Å². The first-order valence-electron chi connectivity index (χ1n) is 9.28. The Balaban J connectivity index is 1.57. The molecule has 1 aliphatic rings. The summed E-state index contributed by atoms with van der Waals surface area (Å²) in [6.07, 6.45) is 2.99. The molecule has 0 aliphatic carbocycles. The van der Waals surface area contributed by atoms with E-state index in [1.807, 2.05) is 31.2 Å². The van der Waals surface area contributed by atoms with Crippen LogP contribution in [-0.2, 0) is 9.59 Å². The number of carbonyl (C=O) groups excluding carboxylic acids is 2. The zero-order valence-electron chi connectivity index (χ0n) is 16.3. The SMILES string of the molecule is Cc1ccc(Oc2ccc(/C=C3/C(=O)NC(=S)N(c4ccc(Cl)cc4)C3=O)cn2)cc1. The largest absolute Gasteiger partial charge is 0.439 e. The van der Waals surface area contributed by atoms with Gasteiger partial charge in [-0.3, -0.25) is 19.8 Å². The van der Waals surface area contributed by atoms with Crippen molar-refractivity contribution >= 4 is 52.5 Å². The van der Waals surface area contributed by atoms with E-state index in [-0.39, 0.29) is 10.7 Å². The Morgan fingerprint density at radius 3 is 2.39 bits per heavy atom. The number of thiocarbonyl (C=S) groups is 1. The maximum Gasteiger partial charge on any atom is 0.270 e. The number of halogens is 1. The molecule has 1 saturated heterocycles. The van der Waals surface area contributed by atoms with Gasteiger partial charge in [-0.25, -0.2) is 4.98 Å². The molecule has 0 bridgehead atoms. The fraction of sp³-hybridized carbons (Fsp3) is 0.0435. The number of ether oxygens (including phenoxy) is 1. The predicted octanol–water partition coefficient (Wildman–Crippen LogP) is 4.67. The Kier molecular flexibility index (Phi) is 5.79. The van der Waals surface area contributed by atoms with Crippen molar-refractivity contribution in [1.29, 1.82) is 0 Å². The van der Waals surface area contributed by atoms with Gasteiger partial charge < -0.3 is 4.74 Å². The molecule has 1 N–H and O–H groups in total. The van der Waals surface area contributed by atoms with Gasteiger partial charge in [0.2, 0.25) is 5.88 Å². The third kappa shape index (κ3) is 4.63. The number of nitrogens with zero attached hydrogens (tertiary/aromatic N) is 2. The lowest BCUT2D eigenvalue weighted by atomic mass is 10.1. The first-order valence-corrected chi connectivity index (χ1v) is 10.1. The van der Waals surface area contributed by atoms with Crippen LogP contribution in [0.5, 0.6) is 11.6 Å². The summed E-state index contributed by atoms with van der Waals surface area (Å²) in [6, 6.07) is 17.6. The molecular weight excluding hydrogens is 434 g/mol. The van der Waals surface area contributed by atoms with Crippen LogP contribution < -0.4 is 15.0 Å². The smallest absolute Gasteiger partial charge is 0.270 e. The third-order valence-electron chi connectivity index (χ3n) is 4.50. The molecule has 1 aromatic heterocycles. The molecule has 4 rings (SSSR count). The number of carbonyl (C=O) groups is 2. The van der Waals surface area contributed by atoms with Gasteiger partial charge in [-0.1, -0.05) is 29.3 Å². The van der Waals surface area contributed by atoms with Crippen molar-refractivity contribution in [3.05, 3.63) is 88.6 Å². The molecule has 0 spiro atoms. The van der Waals surface area contributed by atoms with E-state index in [4.69, 9.17) is 28.6 Å². The molecule has 0 saturated carbocycles. The van der Waals surface area contributed by atoms with Crippen LogP contribution in [0, 0.1) is 6.92 Å². The van der Waals surface area contributed by atoms with E-state index in [9.17, 15) is 9.59 Å². The van der Waals surface area contributed by atoms with Gasteiger partial charge in [-0.2, -0.15) is 0 Å². The Morgan fingerprint density at radius 2 is 1.74 bits per heavy atom. The molecule has 1 fully saturated rings. The van der Waals surface area contributed by atoms with E-state index in [2.05, 4.69) is 10.3 Å². The van der Waals surface area contributed by atoms with Gasteiger partial charge in [0.05, 0.1) is 5.69 Å². The van der Waals surface area contributed by atoms with E-state index >= 15 is 0 Å². The molecule has 2 aromatic carbocycles. The summed E-state index contributed by atoms with van der Waals surface area (Å²) in [7, 11) is 0. The Labute approximate surface area is 189 Å². The number of hydrogen-bond acceptors (Lipinski definition) is 5. The first kappa shape index (κ1) is 20.7. The third-order valence-corrected chi connectivity index (χ3v) is 5.04. The second-order valence-corrected chi connectivity index (χ2v) is 7.60. The number of amides is 2. The molecule has 0 atom stereocenters. The maximum atomic E-state index is 13.0. The van der Waals surface area contributed by atoms with Crippen LogP contribution in [0.2, 0.25) is 5.02 Å².